The second kappa shape index (κ2) is 6.31. The molecule has 8 heteroatoms. The first-order valence-corrected chi connectivity index (χ1v) is 7.07. The summed E-state index contributed by atoms with van der Waals surface area (Å²) < 4.78 is 10.5. The highest BCUT2D eigenvalue weighted by Crippen LogP contribution is 2.24. The topological polar surface area (TPSA) is 121 Å². The zero-order valence-corrected chi connectivity index (χ0v) is 14.3. The van der Waals surface area contributed by atoms with E-state index in [4.69, 9.17) is 20.9 Å². The first kappa shape index (κ1) is 18.5. The number of hydrogen-bond acceptors (Lipinski definition) is 7. The van der Waals surface area contributed by atoms with Crippen molar-refractivity contribution in [1.29, 1.82) is 0 Å². The van der Waals surface area contributed by atoms with Crippen molar-refractivity contribution in [2.45, 2.75) is 52.7 Å². The molecule has 0 aliphatic carbocycles. The van der Waals surface area contributed by atoms with Gasteiger partial charge in [-0.2, -0.15) is 4.90 Å². The predicted molar refractivity (Wildman–Crippen MR) is 88.0 cm³/mol. The van der Waals surface area contributed by atoms with Crippen LogP contribution in [0.5, 0.6) is 0 Å². The van der Waals surface area contributed by atoms with Crippen molar-refractivity contribution in [2.24, 2.45) is 0 Å². The van der Waals surface area contributed by atoms with Crippen LogP contribution in [0.3, 0.4) is 0 Å². The van der Waals surface area contributed by atoms with Gasteiger partial charge < -0.3 is 20.9 Å². The zero-order valence-electron chi connectivity index (χ0n) is 14.3. The molecular weight excluding hydrogens is 300 g/mol. The van der Waals surface area contributed by atoms with Gasteiger partial charge in [0.1, 0.15) is 22.8 Å². The monoisotopic (exact) mass is 324 g/mol. The van der Waals surface area contributed by atoms with Gasteiger partial charge in [0.25, 0.3) is 0 Å². The number of nitrogens with zero attached hydrogens (tertiary/aromatic N) is 2. The van der Waals surface area contributed by atoms with Gasteiger partial charge in [0.05, 0.1) is 5.69 Å². The average Bonchev–Trinajstić information content (AvgIpc) is 2.21. The Balaban J connectivity index is 3.25. The number of carbonyl (C=O) groups is 2. The Kier molecular flexibility index (Phi) is 5.09. The molecule has 4 N–H and O–H groups in total. The van der Waals surface area contributed by atoms with E-state index in [2.05, 4.69) is 4.98 Å². The summed E-state index contributed by atoms with van der Waals surface area (Å²) >= 11 is 0. The summed E-state index contributed by atoms with van der Waals surface area (Å²) in [7, 11) is 0. The Morgan fingerprint density at radius 3 is 1.57 bits per heavy atom. The Bertz CT molecular complexity index is 554. The molecule has 0 saturated heterocycles. The van der Waals surface area contributed by atoms with Crippen LogP contribution in [-0.2, 0) is 9.47 Å². The first-order chi connectivity index (χ1) is 10.3. The Morgan fingerprint density at radius 1 is 0.913 bits per heavy atom. The minimum absolute atomic E-state index is 0.0668. The smallest absolute Gasteiger partial charge is 0.424 e. The van der Waals surface area contributed by atoms with Crippen molar-refractivity contribution in [1.82, 2.24) is 4.98 Å². The number of nitrogens with two attached hydrogens (primary N) is 2. The molecule has 0 bridgehead atoms. The molecule has 8 nitrogen and oxygen atoms in total. The summed E-state index contributed by atoms with van der Waals surface area (Å²) in [6, 6.07) is 2.68. The van der Waals surface area contributed by atoms with Gasteiger partial charge >= 0.3 is 12.2 Å². The fourth-order valence-electron chi connectivity index (χ4n) is 1.59. The SMILES string of the molecule is CC(C)(C)OC(=O)N(C(=O)OC(C)(C)C)c1cc(N)nc(N)c1. The van der Waals surface area contributed by atoms with Gasteiger partial charge in [-0.25, -0.2) is 14.6 Å². The highest BCUT2D eigenvalue weighted by Gasteiger charge is 2.33. The van der Waals surface area contributed by atoms with Gasteiger partial charge in [-0.3, -0.25) is 0 Å². The number of rotatable bonds is 1. The fraction of sp³-hybridized carbons (Fsp3) is 0.533. The summed E-state index contributed by atoms with van der Waals surface area (Å²) in [6.45, 7) is 10.1. The van der Waals surface area contributed by atoms with Gasteiger partial charge in [-0.05, 0) is 41.5 Å². The molecule has 1 aromatic heterocycles. The molecule has 2 amide bonds. The molecule has 0 radical (unpaired) electrons. The summed E-state index contributed by atoms with van der Waals surface area (Å²) in [5.41, 5.74) is 9.80. The molecule has 23 heavy (non-hydrogen) atoms. The van der Waals surface area contributed by atoms with Gasteiger partial charge in [0.2, 0.25) is 0 Å². The third-order valence-electron chi connectivity index (χ3n) is 2.26. The van der Waals surface area contributed by atoms with E-state index in [0.29, 0.717) is 0 Å². The van der Waals surface area contributed by atoms with Crippen molar-refractivity contribution in [3.05, 3.63) is 12.1 Å². The fourth-order valence-corrected chi connectivity index (χ4v) is 1.59. The van der Waals surface area contributed by atoms with Crippen molar-refractivity contribution in [3.8, 4) is 0 Å². The van der Waals surface area contributed by atoms with E-state index in [9.17, 15) is 9.59 Å². The molecular formula is C15H24N4O4. The van der Waals surface area contributed by atoms with Crippen LogP contribution >= 0.6 is 0 Å². The molecule has 0 aliphatic rings. The van der Waals surface area contributed by atoms with Crippen LogP contribution in [0.1, 0.15) is 41.5 Å². The van der Waals surface area contributed by atoms with E-state index in [0.717, 1.165) is 4.90 Å². The maximum atomic E-state index is 12.4. The van der Waals surface area contributed by atoms with Crippen molar-refractivity contribution in [2.75, 3.05) is 16.4 Å². The highest BCUT2D eigenvalue weighted by molar-refractivity contribution is 6.09. The van der Waals surface area contributed by atoms with Gasteiger partial charge in [-0.1, -0.05) is 0 Å². The van der Waals surface area contributed by atoms with Crippen LogP contribution < -0.4 is 16.4 Å². The lowest BCUT2D eigenvalue weighted by Crippen LogP contribution is -2.43. The van der Waals surface area contributed by atoms with E-state index in [1.54, 1.807) is 41.5 Å². The molecule has 1 rings (SSSR count). The average molecular weight is 324 g/mol. The van der Waals surface area contributed by atoms with Crippen molar-refractivity contribution >= 4 is 29.5 Å². The second-order valence-electron chi connectivity index (χ2n) is 6.97. The molecule has 0 saturated carbocycles. The van der Waals surface area contributed by atoms with Crippen LogP contribution in [0.4, 0.5) is 26.9 Å². The van der Waals surface area contributed by atoms with Crippen LogP contribution in [0, 0.1) is 0 Å². The lowest BCUT2D eigenvalue weighted by molar-refractivity contribution is 0.0431. The molecule has 0 atom stereocenters. The Morgan fingerprint density at radius 2 is 1.26 bits per heavy atom. The van der Waals surface area contributed by atoms with E-state index >= 15 is 0 Å². The summed E-state index contributed by atoms with van der Waals surface area (Å²) in [5.74, 6) is 0.134. The molecule has 0 aliphatic heterocycles. The van der Waals surface area contributed by atoms with E-state index in [-0.39, 0.29) is 17.3 Å². The second-order valence-corrected chi connectivity index (χ2v) is 6.97. The summed E-state index contributed by atoms with van der Waals surface area (Å²) in [5, 5.41) is 0. The number of amides is 2. The van der Waals surface area contributed by atoms with Gasteiger partial charge in [-0.15, -0.1) is 0 Å². The predicted octanol–water partition coefficient (Wildman–Crippen LogP) is 2.92. The van der Waals surface area contributed by atoms with Gasteiger partial charge in [0.15, 0.2) is 0 Å². The Hall–Kier alpha value is -2.51. The number of anilines is 3. The standard InChI is InChI=1S/C15H24N4O4/c1-14(2,3)22-12(20)19(13(21)23-15(4,5)6)9-7-10(16)18-11(17)8-9/h7-8H,1-6H3,(H4,16,17,18). The number of aromatic nitrogens is 1. The van der Waals surface area contributed by atoms with Crippen LogP contribution in [0.15, 0.2) is 12.1 Å². The van der Waals surface area contributed by atoms with Crippen LogP contribution in [0.25, 0.3) is 0 Å². The first-order valence-electron chi connectivity index (χ1n) is 7.07. The molecule has 1 aromatic rings. The minimum atomic E-state index is -0.892. The number of pyridine rings is 1. The molecule has 0 fully saturated rings. The maximum Gasteiger partial charge on any atom is 0.424 e. The van der Waals surface area contributed by atoms with E-state index < -0.39 is 23.4 Å². The third kappa shape index (κ3) is 6.01. The quantitative estimate of drug-likeness (QED) is 0.814. The lowest BCUT2D eigenvalue weighted by atomic mass is 10.2. The van der Waals surface area contributed by atoms with Gasteiger partial charge in [0, 0.05) is 12.1 Å². The highest BCUT2D eigenvalue weighted by atomic mass is 16.6. The number of ether oxygens (including phenoxy) is 2. The Labute approximate surface area is 135 Å². The molecule has 128 valence electrons. The maximum absolute atomic E-state index is 12.4. The van der Waals surface area contributed by atoms with E-state index in [1.165, 1.54) is 12.1 Å². The normalized spacial score (nSPS) is 11.7. The van der Waals surface area contributed by atoms with Crippen molar-refractivity contribution < 1.29 is 19.1 Å². The van der Waals surface area contributed by atoms with Crippen LogP contribution in [-0.4, -0.2) is 28.4 Å². The largest absolute Gasteiger partial charge is 0.443 e. The molecule has 0 spiro atoms. The third-order valence-corrected chi connectivity index (χ3v) is 2.26. The van der Waals surface area contributed by atoms with Crippen molar-refractivity contribution in [3.63, 3.8) is 0 Å². The van der Waals surface area contributed by atoms with E-state index in [1.807, 2.05) is 0 Å². The van der Waals surface area contributed by atoms with Crippen LogP contribution in [0.2, 0.25) is 0 Å². The lowest BCUT2D eigenvalue weighted by Gasteiger charge is -2.28. The number of carbonyl (C=O) groups excluding carboxylic acids is 2. The number of imide groups is 1. The molecule has 1 heterocycles. The summed E-state index contributed by atoms with van der Waals surface area (Å²) in [4.78, 5) is 29.4. The zero-order chi connectivity index (χ0) is 18.0. The minimum Gasteiger partial charge on any atom is -0.443 e. The molecule has 0 aromatic carbocycles. The number of nitrogen functional groups attached to an aromatic ring is 2. The molecule has 0 unspecified atom stereocenters. The number of hydrogen-bond donors (Lipinski definition) is 2. The summed E-state index contributed by atoms with van der Waals surface area (Å²) in [6.07, 6.45) is -1.78.